The van der Waals surface area contributed by atoms with E-state index in [0.29, 0.717) is 31.0 Å². The number of aryl methyl sites for hydroxylation is 3. The SMILES string of the molecule is CCN1c2ncc(CCOc3ccc(-c4cc(C)nc(C)c4)cc3C)cc2C(=O)N(C)c2cccnc21. The Morgan fingerprint density at radius 2 is 1.70 bits per heavy atom. The van der Waals surface area contributed by atoms with Gasteiger partial charge >= 0.3 is 0 Å². The minimum atomic E-state index is -0.0940. The number of carbonyl (C=O) groups is 1. The Bertz CT molecular complexity index is 1460. The van der Waals surface area contributed by atoms with E-state index in [-0.39, 0.29) is 5.91 Å². The Balaban J connectivity index is 1.32. The lowest BCUT2D eigenvalue weighted by atomic mass is 10.0. The molecule has 0 aliphatic carbocycles. The van der Waals surface area contributed by atoms with Crippen LogP contribution in [0.5, 0.6) is 5.75 Å². The van der Waals surface area contributed by atoms with Crippen LogP contribution in [-0.2, 0) is 6.42 Å². The lowest BCUT2D eigenvalue weighted by Crippen LogP contribution is -2.25. The van der Waals surface area contributed by atoms with Crippen LogP contribution in [0.3, 0.4) is 0 Å². The fourth-order valence-electron chi connectivity index (χ4n) is 4.83. The van der Waals surface area contributed by atoms with Gasteiger partial charge in [0.1, 0.15) is 11.6 Å². The molecule has 0 radical (unpaired) electrons. The molecule has 0 fully saturated rings. The fourth-order valence-corrected chi connectivity index (χ4v) is 4.83. The molecule has 0 unspecified atom stereocenters. The zero-order valence-electron chi connectivity index (χ0n) is 21.9. The quantitative estimate of drug-likeness (QED) is 0.336. The van der Waals surface area contributed by atoms with Crippen LogP contribution in [0.2, 0.25) is 0 Å². The Morgan fingerprint density at radius 1 is 0.919 bits per heavy atom. The van der Waals surface area contributed by atoms with E-state index in [0.717, 1.165) is 50.9 Å². The largest absolute Gasteiger partial charge is 0.493 e. The fraction of sp³-hybridized carbons (Fsp3) is 0.267. The number of amides is 1. The smallest absolute Gasteiger partial charge is 0.261 e. The number of benzene rings is 1. The molecule has 0 atom stereocenters. The van der Waals surface area contributed by atoms with Crippen molar-refractivity contribution in [2.75, 3.05) is 30.0 Å². The first-order chi connectivity index (χ1) is 17.9. The highest BCUT2D eigenvalue weighted by molar-refractivity contribution is 6.12. The van der Waals surface area contributed by atoms with Crippen molar-refractivity contribution in [2.24, 2.45) is 0 Å². The van der Waals surface area contributed by atoms with Crippen molar-refractivity contribution in [3.8, 4) is 16.9 Å². The van der Waals surface area contributed by atoms with Crippen molar-refractivity contribution in [1.82, 2.24) is 15.0 Å². The second-order valence-electron chi connectivity index (χ2n) is 9.39. The minimum Gasteiger partial charge on any atom is -0.493 e. The highest BCUT2D eigenvalue weighted by atomic mass is 16.5. The lowest BCUT2D eigenvalue weighted by molar-refractivity contribution is 0.0994. The average molecular weight is 494 g/mol. The van der Waals surface area contributed by atoms with E-state index in [2.05, 4.69) is 41.2 Å². The van der Waals surface area contributed by atoms with E-state index in [1.54, 1.807) is 18.1 Å². The van der Waals surface area contributed by atoms with Gasteiger partial charge in [0.15, 0.2) is 5.82 Å². The van der Waals surface area contributed by atoms with Gasteiger partial charge in [-0.2, -0.15) is 0 Å². The summed E-state index contributed by atoms with van der Waals surface area (Å²) in [6.07, 6.45) is 4.21. The maximum absolute atomic E-state index is 13.3. The standard InChI is InChI=1S/C30H31N5O2/c1-6-35-28-25(30(36)34(5)26-8-7-12-31-29(26)35)17-22(18-32-28)11-13-37-27-10-9-23(14-19(27)2)24-15-20(3)33-21(4)16-24/h7-10,12,14-18H,6,11,13H2,1-5H3. The molecular weight excluding hydrogens is 462 g/mol. The van der Waals surface area contributed by atoms with Gasteiger partial charge in [0.2, 0.25) is 0 Å². The van der Waals surface area contributed by atoms with Gasteiger partial charge in [-0.05, 0) is 92.4 Å². The van der Waals surface area contributed by atoms with Gasteiger partial charge < -0.3 is 14.5 Å². The lowest BCUT2D eigenvalue weighted by Gasteiger charge is -2.22. The van der Waals surface area contributed by atoms with E-state index in [1.165, 1.54) is 0 Å². The number of rotatable bonds is 6. The maximum Gasteiger partial charge on any atom is 0.261 e. The number of fused-ring (bicyclic) bond motifs is 2. The van der Waals surface area contributed by atoms with E-state index in [1.807, 2.05) is 56.1 Å². The second kappa shape index (κ2) is 10.0. The molecule has 0 saturated heterocycles. The molecule has 0 bridgehead atoms. The highest BCUT2D eigenvalue weighted by Gasteiger charge is 2.30. The highest BCUT2D eigenvalue weighted by Crippen LogP contribution is 2.37. The second-order valence-corrected chi connectivity index (χ2v) is 9.39. The van der Waals surface area contributed by atoms with Crippen molar-refractivity contribution < 1.29 is 9.53 Å². The third-order valence-electron chi connectivity index (χ3n) is 6.65. The first-order valence-electron chi connectivity index (χ1n) is 12.5. The summed E-state index contributed by atoms with van der Waals surface area (Å²) in [5, 5.41) is 0. The summed E-state index contributed by atoms with van der Waals surface area (Å²) in [6.45, 7) is 9.26. The predicted octanol–water partition coefficient (Wildman–Crippen LogP) is 5.83. The van der Waals surface area contributed by atoms with Crippen LogP contribution in [0.15, 0.2) is 60.9 Å². The number of pyridine rings is 3. The molecule has 5 rings (SSSR count). The number of carbonyl (C=O) groups excluding carboxylic acids is 1. The summed E-state index contributed by atoms with van der Waals surface area (Å²) in [7, 11) is 1.78. The Kier molecular flexibility index (Phi) is 6.61. The molecule has 3 aromatic heterocycles. The summed E-state index contributed by atoms with van der Waals surface area (Å²) < 4.78 is 6.13. The van der Waals surface area contributed by atoms with E-state index >= 15 is 0 Å². The van der Waals surface area contributed by atoms with Crippen LogP contribution in [0.1, 0.15) is 39.8 Å². The molecule has 1 aliphatic heterocycles. The van der Waals surface area contributed by atoms with Crippen LogP contribution < -0.4 is 14.5 Å². The molecular formula is C30H31N5O2. The molecule has 188 valence electrons. The Hall–Kier alpha value is -4.26. The van der Waals surface area contributed by atoms with Crippen molar-refractivity contribution >= 4 is 23.2 Å². The van der Waals surface area contributed by atoms with Crippen molar-refractivity contribution in [2.45, 2.75) is 34.1 Å². The van der Waals surface area contributed by atoms with Crippen LogP contribution in [0.25, 0.3) is 11.1 Å². The van der Waals surface area contributed by atoms with E-state index < -0.39 is 0 Å². The zero-order chi connectivity index (χ0) is 26.1. The first-order valence-corrected chi connectivity index (χ1v) is 12.5. The molecule has 4 heterocycles. The molecule has 7 heteroatoms. The molecule has 37 heavy (non-hydrogen) atoms. The predicted molar refractivity (Wildman–Crippen MR) is 147 cm³/mol. The molecule has 0 saturated carbocycles. The van der Waals surface area contributed by atoms with Gasteiger partial charge in [0, 0.05) is 43.8 Å². The molecule has 7 nitrogen and oxygen atoms in total. The third-order valence-corrected chi connectivity index (χ3v) is 6.65. The Labute approximate surface area is 217 Å². The van der Waals surface area contributed by atoms with E-state index in [9.17, 15) is 4.79 Å². The van der Waals surface area contributed by atoms with Gasteiger partial charge in [-0.3, -0.25) is 9.78 Å². The summed E-state index contributed by atoms with van der Waals surface area (Å²) in [6, 6.07) is 16.1. The number of anilines is 3. The number of nitrogens with zero attached hydrogens (tertiary/aromatic N) is 5. The maximum atomic E-state index is 13.3. The van der Waals surface area contributed by atoms with Crippen LogP contribution in [0, 0.1) is 20.8 Å². The Morgan fingerprint density at radius 3 is 2.43 bits per heavy atom. The minimum absolute atomic E-state index is 0.0940. The van der Waals surface area contributed by atoms with Gasteiger partial charge in [-0.25, -0.2) is 9.97 Å². The summed E-state index contributed by atoms with van der Waals surface area (Å²) >= 11 is 0. The normalized spacial score (nSPS) is 12.7. The van der Waals surface area contributed by atoms with Gasteiger partial charge in [0.05, 0.1) is 17.9 Å². The average Bonchev–Trinajstić information content (AvgIpc) is 2.97. The van der Waals surface area contributed by atoms with Crippen molar-refractivity contribution in [1.29, 1.82) is 0 Å². The molecule has 4 aromatic rings. The molecule has 0 N–H and O–H groups in total. The summed E-state index contributed by atoms with van der Waals surface area (Å²) in [4.78, 5) is 30.7. The number of aromatic nitrogens is 3. The number of hydrogen-bond acceptors (Lipinski definition) is 6. The summed E-state index contributed by atoms with van der Waals surface area (Å²) in [5.74, 6) is 2.13. The number of hydrogen-bond donors (Lipinski definition) is 0. The van der Waals surface area contributed by atoms with Gasteiger partial charge in [-0.15, -0.1) is 0 Å². The van der Waals surface area contributed by atoms with Crippen LogP contribution >= 0.6 is 0 Å². The zero-order valence-corrected chi connectivity index (χ0v) is 21.9. The van der Waals surface area contributed by atoms with Gasteiger partial charge in [0.25, 0.3) is 5.91 Å². The monoisotopic (exact) mass is 493 g/mol. The summed E-state index contributed by atoms with van der Waals surface area (Å²) in [5.41, 5.74) is 7.69. The first kappa shape index (κ1) is 24.4. The topological polar surface area (TPSA) is 71.5 Å². The number of ether oxygens (including phenoxy) is 1. The van der Waals surface area contributed by atoms with E-state index in [4.69, 9.17) is 9.72 Å². The molecule has 1 amide bonds. The van der Waals surface area contributed by atoms with Crippen LogP contribution in [0.4, 0.5) is 17.3 Å². The molecule has 1 aliphatic rings. The van der Waals surface area contributed by atoms with Crippen molar-refractivity contribution in [3.63, 3.8) is 0 Å². The van der Waals surface area contributed by atoms with Gasteiger partial charge in [-0.1, -0.05) is 6.07 Å². The molecule has 1 aromatic carbocycles. The van der Waals surface area contributed by atoms with Crippen molar-refractivity contribution in [3.05, 3.63) is 89.0 Å². The van der Waals surface area contributed by atoms with Crippen LogP contribution in [-0.4, -0.2) is 41.1 Å². The molecule has 0 spiro atoms. The third kappa shape index (κ3) is 4.77.